The molecule has 0 N–H and O–H groups in total. The largest absolute Gasteiger partial charge is 0.456 e. The quantitative estimate of drug-likeness (QED) is 0.801. The van der Waals surface area contributed by atoms with Gasteiger partial charge in [0.25, 0.3) is 0 Å². The lowest BCUT2D eigenvalue weighted by Gasteiger charge is -2.08. The zero-order valence-corrected chi connectivity index (χ0v) is 11.0. The molecule has 0 spiro atoms. The number of hydrogen-bond donors (Lipinski definition) is 0. The van der Waals surface area contributed by atoms with Crippen molar-refractivity contribution in [3.05, 3.63) is 57.5 Å². The smallest absolute Gasteiger partial charge is 0.146 e. The van der Waals surface area contributed by atoms with Gasteiger partial charge in [-0.3, -0.25) is 0 Å². The Bertz CT molecular complexity index is 592. The van der Waals surface area contributed by atoms with Gasteiger partial charge in [-0.25, -0.2) is 0 Å². The molecular formula is C13H7BrClNO. The molecule has 17 heavy (non-hydrogen) atoms. The fourth-order valence-corrected chi connectivity index (χ4v) is 1.94. The molecule has 0 saturated carbocycles. The van der Waals surface area contributed by atoms with Crippen molar-refractivity contribution in [1.82, 2.24) is 0 Å². The van der Waals surface area contributed by atoms with E-state index >= 15 is 0 Å². The summed E-state index contributed by atoms with van der Waals surface area (Å²) >= 11 is 9.27. The van der Waals surface area contributed by atoms with Crippen LogP contribution in [0.1, 0.15) is 5.56 Å². The molecule has 4 heteroatoms. The second-order valence-electron chi connectivity index (χ2n) is 3.28. The summed E-state index contributed by atoms with van der Waals surface area (Å²) in [6, 6.07) is 14.5. The van der Waals surface area contributed by atoms with Crippen LogP contribution in [0.5, 0.6) is 11.5 Å². The molecule has 2 aromatic rings. The minimum absolute atomic E-state index is 0.342. The van der Waals surface area contributed by atoms with Crippen LogP contribution >= 0.6 is 27.5 Å². The normalized spacial score (nSPS) is 9.71. The van der Waals surface area contributed by atoms with Crippen LogP contribution in [0.3, 0.4) is 0 Å². The minimum atomic E-state index is 0.342. The molecule has 0 aliphatic rings. The summed E-state index contributed by atoms with van der Waals surface area (Å²) in [6.07, 6.45) is 0. The van der Waals surface area contributed by atoms with E-state index in [4.69, 9.17) is 21.6 Å². The third-order valence-electron chi connectivity index (χ3n) is 2.11. The molecule has 0 bridgehead atoms. The van der Waals surface area contributed by atoms with Crippen molar-refractivity contribution >= 4 is 27.5 Å². The number of nitriles is 1. The third-order valence-corrected chi connectivity index (χ3v) is 2.92. The van der Waals surface area contributed by atoms with Crippen molar-refractivity contribution in [1.29, 1.82) is 5.26 Å². The third kappa shape index (κ3) is 2.79. The van der Waals surface area contributed by atoms with Crippen molar-refractivity contribution in [2.75, 3.05) is 0 Å². The SMILES string of the molecule is N#Cc1c(Cl)cccc1Oc1cccc(Br)c1. The van der Waals surface area contributed by atoms with E-state index in [0.29, 0.717) is 22.1 Å². The van der Waals surface area contributed by atoms with Crippen molar-refractivity contribution in [2.24, 2.45) is 0 Å². The van der Waals surface area contributed by atoms with Crippen LogP contribution in [-0.4, -0.2) is 0 Å². The number of nitrogens with zero attached hydrogens (tertiary/aromatic N) is 1. The van der Waals surface area contributed by atoms with Crippen LogP contribution < -0.4 is 4.74 Å². The Morgan fingerprint density at radius 3 is 2.65 bits per heavy atom. The van der Waals surface area contributed by atoms with E-state index in [9.17, 15) is 0 Å². The first-order valence-corrected chi connectivity index (χ1v) is 6.00. The van der Waals surface area contributed by atoms with Crippen molar-refractivity contribution < 1.29 is 4.74 Å². The standard InChI is InChI=1S/C13H7BrClNO/c14-9-3-1-4-10(7-9)17-13-6-2-5-12(15)11(13)8-16/h1-7H. The predicted molar refractivity (Wildman–Crippen MR) is 70.4 cm³/mol. The summed E-state index contributed by atoms with van der Waals surface area (Å²) in [4.78, 5) is 0. The van der Waals surface area contributed by atoms with Crippen LogP contribution in [0.2, 0.25) is 5.02 Å². The van der Waals surface area contributed by atoms with E-state index in [2.05, 4.69) is 15.9 Å². The molecule has 2 nitrogen and oxygen atoms in total. The lowest BCUT2D eigenvalue weighted by atomic mass is 10.2. The van der Waals surface area contributed by atoms with Crippen molar-refractivity contribution in [2.45, 2.75) is 0 Å². The molecule has 2 rings (SSSR count). The van der Waals surface area contributed by atoms with Gasteiger partial charge in [0.05, 0.1) is 5.02 Å². The summed E-state index contributed by atoms with van der Waals surface area (Å²) in [5.41, 5.74) is 0.342. The lowest BCUT2D eigenvalue weighted by molar-refractivity contribution is 0.481. The summed E-state index contributed by atoms with van der Waals surface area (Å²) < 4.78 is 6.54. The van der Waals surface area contributed by atoms with Crippen LogP contribution in [-0.2, 0) is 0 Å². The maximum absolute atomic E-state index is 9.01. The zero-order chi connectivity index (χ0) is 12.3. The average molecular weight is 309 g/mol. The van der Waals surface area contributed by atoms with Gasteiger partial charge in [-0.2, -0.15) is 5.26 Å². The molecule has 0 heterocycles. The number of hydrogen-bond acceptors (Lipinski definition) is 2. The summed E-state index contributed by atoms with van der Waals surface area (Å²) in [6.45, 7) is 0. The van der Waals surface area contributed by atoms with Gasteiger partial charge < -0.3 is 4.74 Å². The first kappa shape index (κ1) is 12.0. The number of ether oxygens (including phenoxy) is 1. The van der Waals surface area contributed by atoms with Crippen LogP contribution in [0, 0.1) is 11.3 Å². The highest BCUT2D eigenvalue weighted by Gasteiger charge is 2.08. The van der Waals surface area contributed by atoms with Crippen molar-refractivity contribution in [3.8, 4) is 17.6 Å². The van der Waals surface area contributed by atoms with Gasteiger partial charge >= 0.3 is 0 Å². The molecule has 0 atom stereocenters. The van der Waals surface area contributed by atoms with Gasteiger partial charge in [0, 0.05) is 4.47 Å². The number of rotatable bonds is 2. The Labute approximate surface area is 113 Å². The zero-order valence-electron chi connectivity index (χ0n) is 8.65. The Morgan fingerprint density at radius 2 is 1.94 bits per heavy atom. The van der Waals surface area contributed by atoms with Gasteiger partial charge in [0.2, 0.25) is 0 Å². The Balaban J connectivity index is 2.37. The van der Waals surface area contributed by atoms with Gasteiger partial charge in [-0.05, 0) is 30.3 Å². The van der Waals surface area contributed by atoms with Gasteiger partial charge in [-0.15, -0.1) is 0 Å². The van der Waals surface area contributed by atoms with Crippen LogP contribution in [0.4, 0.5) is 0 Å². The van der Waals surface area contributed by atoms with Crippen LogP contribution in [0.25, 0.3) is 0 Å². The Hall–Kier alpha value is -1.50. The van der Waals surface area contributed by atoms with E-state index in [1.54, 1.807) is 18.2 Å². The fraction of sp³-hybridized carbons (Fsp3) is 0. The highest BCUT2D eigenvalue weighted by atomic mass is 79.9. The first-order valence-electron chi connectivity index (χ1n) is 4.83. The molecule has 0 aromatic heterocycles. The minimum Gasteiger partial charge on any atom is -0.456 e. The molecule has 0 unspecified atom stereocenters. The molecule has 0 saturated heterocycles. The topological polar surface area (TPSA) is 33.0 Å². The second kappa shape index (κ2) is 5.22. The second-order valence-corrected chi connectivity index (χ2v) is 4.61. The Kier molecular flexibility index (Phi) is 3.68. The summed E-state index contributed by atoms with van der Waals surface area (Å²) in [7, 11) is 0. The molecule has 84 valence electrons. The summed E-state index contributed by atoms with van der Waals surface area (Å²) in [5, 5.41) is 9.40. The molecular weight excluding hydrogens is 302 g/mol. The number of halogens is 2. The van der Waals surface area contributed by atoms with Crippen molar-refractivity contribution in [3.63, 3.8) is 0 Å². The highest BCUT2D eigenvalue weighted by molar-refractivity contribution is 9.10. The molecule has 0 aliphatic carbocycles. The van der Waals surface area contributed by atoms with Crippen LogP contribution in [0.15, 0.2) is 46.9 Å². The summed E-state index contributed by atoms with van der Waals surface area (Å²) in [5.74, 6) is 1.11. The van der Waals surface area contributed by atoms with Gasteiger partial charge in [0.1, 0.15) is 23.1 Å². The molecule has 0 radical (unpaired) electrons. The predicted octanol–water partition coefficient (Wildman–Crippen LogP) is 4.77. The maximum atomic E-state index is 9.01. The van der Waals surface area contributed by atoms with E-state index in [-0.39, 0.29) is 0 Å². The maximum Gasteiger partial charge on any atom is 0.146 e. The highest BCUT2D eigenvalue weighted by Crippen LogP contribution is 2.30. The molecule has 0 aliphatic heterocycles. The first-order chi connectivity index (χ1) is 8.20. The number of benzene rings is 2. The van der Waals surface area contributed by atoms with E-state index in [1.165, 1.54) is 0 Å². The van der Waals surface area contributed by atoms with Gasteiger partial charge in [-0.1, -0.05) is 39.7 Å². The van der Waals surface area contributed by atoms with Gasteiger partial charge in [0.15, 0.2) is 0 Å². The van der Waals surface area contributed by atoms with E-state index < -0.39 is 0 Å². The Morgan fingerprint density at radius 1 is 1.18 bits per heavy atom. The fourth-order valence-electron chi connectivity index (χ4n) is 1.36. The monoisotopic (exact) mass is 307 g/mol. The van der Waals surface area contributed by atoms with E-state index in [0.717, 1.165) is 4.47 Å². The molecule has 0 amide bonds. The molecule has 0 fully saturated rings. The lowest BCUT2D eigenvalue weighted by Crippen LogP contribution is -1.88. The molecule has 2 aromatic carbocycles. The van der Waals surface area contributed by atoms with E-state index in [1.807, 2.05) is 30.3 Å². The average Bonchev–Trinajstić information content (AvgIpc) is 2.29.